The number of cyclic esters (lactones) is 1. The first-order valence-corrected chi connectivity index (χ1v) is 5.45. The molecule has 16 heavy (non-hydrogen) atoms. The number of carbonyl (C=O) groups excluding carboxylic acids is 1. The lowest BCUT2D eigenvalue weighted by molar-refractivity contribution is -0.149. The Kier molecular flexibility index (Phi) is 3.88. The summed E-state index contributed by atoms with van der Waals surface area (Å²) in [7, 11) is 1.00. The van der Waals surface area contributed by atoms with E-state index in [2.05, 4.69) is 0 Å². The Bertz CT molecular complexity index is 268. The highest BCUT2D eigenvalue weighted by Crippen LogP contribution is 2.48. The molecule has 2 rings (SSSR count). The van der Waals surface area contributed by atoms with E-state index in [4.69, 9.17) is 9.84 Å². The molecule has 94 valence electrons. The van der Waals surface area contributed by atoms with Crippen molar-refractivity contribution in [1.29, 1.82) is 0 Å². The van der Waals surface area contributed by atoms with Crippen molar-refractivity contribution in [3.63, 3.8) is 0 Å². The van der Waals surface area contributed by atoms with Gasteiger partial charge in [-0.3, -0.25) is 4.79 Å². The minimum atomic E-state index is -2.70. The van der Waals surface area contributed by atoms with Crippen molar-refractivity contribution in [3.05, 3.63) is 0 Å². The van der Waals surface area contributed by atoms with Gasteiger partial charge in [-0.25, -0.2) is 8.78 Å². The molecular weight excluding hydrogens is 218 g/mol. The molecular formula is C11H18F2O3. The quantitative estimate of drug-likeness (QED) is 0.653. The third kappa shape index (κ3) is 2.19. The molecule has 0 aromatic heterocycles. The average molecular weight is 236 g/mol. The Morgan fingerprint density at radius 2 is 1.94 bits per heavy atom. The SMILES string of the molecule is CC1OC(=O)C2CC(F)(F)C(C)CC12.CO. The van der Waals surface area contributed by atoms with Gasteiger partial charge in [-0.2, -0.15) is 0 Å². The lowest BCUT2D eigenvalue weighted by Gasteiger charge is -2.35. The van der Waals surface area contributed by atoms with Gasteiger partial charge in [0.15, 0.2) is 0 Å². The smallest absolute Gasteiger partial charge is 0.309 e. The number of esters is 1. The van der Waals surface area contributed by atoms with Crippen LogP contribution in [-0.2, 0) is 9.53 Å². The molecule has 1 saturated heterocycles. The molecule has 1 N–H and O–H groups in total. The zero-order chi connectivity index (χ0) is 12.5. The summed E-state index contributed by atoms with van der Waals surface area (Å²) >= 11 is 0. The molecule has 2 aliphatic rings. The van der Waals surface area contributed by atoms with Gasteiger partial charge in [-0.05, 0) is 13.3 Å². The summed E-state index contributed by atoms with van der Waals surface area (Å²) < 4.78 is 31.6. The number of aliphatic hydroxyl groups excluding tert-OH is 1. The van der Waals surface area contributed by atoms with Crippen LogP contribution in [0.25, 0.3) is 0 Å². The normalized spacial score (nSPS) is 40.5. The van der Waals surface area contributed by atoms with Gasteiger partial charge in [0.05, 0.1) is 5.92 Å². The van der Waals surface area contributed by atoms with Crippen molar-refractivity contribution >= 4 is 5.97 Å². The number of halogens is 2. The monoisotopic (exact) mass is 236 g/mol. The number of hydrogen-bond acceptors (Lipinski definition) is 3. The molecule has 2 fully saturated rings. The van der Waals surface area contributed by atoms with E-state index in [1.807, 2.05) is 0 Å². The third-order valence-corrected chi connectivity index (χ3v) is 3.56. The maximum Gasteiger partial charge on any atom is 0.309 e. The molecule has 0 aromatic carbocycles. The van der Waals surface area contributed by atoms with Crippen LogP contribution in [0.15, 0.2) is 0 Å². The van der Waals surface area contributed by atoms with Crippen LogP contribution in [0.1, 0.15) is 26.7 Å². The first-order chi connectivity index (χ1) is 7.42. The number of ether oxygens (including phenoxy) is 1. The zero-order valence-corrected chi connectivity index (χ0v) is 9.74. The van der Waals surface area contributed by atoms with Crippen molar-refractivity contribution in [3.8, 4) is 0 Å². The second-order valence-electron chi connectivity index (χ2n) is 4.51. The predicted molar refractivity (Wildman–Crippen MR) is 54.0 cm³/mol. The van der Waals surface area contributed by atoms with Crippen LogP contribution in [0.3, 0.4) is 0 Å². The second-order valence-corrected chi connectivity index (χ2v) is 4.51. The molecule has 4 unspecified atom stereocenters. The van der Waals surface area contributed by atoms with Crippen LogP contribution in [0.5, 0.6) is 0 Å². The first-order valence-electron chi connectivity index (χ1n) is 5.45. The Morgan fingerprint density at radius 1 is 1.38 bits per heavy atom. The molecule has 1 aliphatic heterocycles. The van der Waals surface area contributed by atoms with Gasteiger partial charge in [-0.15, -0.1) is 0 Å². The fourth-order valence-electron chi connectivity index (χ4n) is 2.53. The van der Waals surface area contributed by atoms with Gasteiger partial charge >= 0.3 is 5.97 Å². The molecule has 1 heterocycles. The number of aliphatic hydroxyl groups is 1. The van der Waals surface area contributed by atoms with Gasteiger partial charge in [0, 0.05) is 25.4 Å². The number of carbonyl (C=O) groups is 1. The highest BCUT2D eigenvalue weighted by atomic mass is 19.3. The van der Waals surface area contributed by atoms with Crippen LogP contribution in [-0.4, -0.2) is 30.2 Å². The molecule has 5 heteroatoms. The van der Waals surface area contributed by atoms with E-state index in [-0.39, 0.29) is 18.4 Å². The topological polar surface area (TPSA) is 46.5 Å². The number of alkyl halides is 2. The van der Waals surface area contributed by atoms with E-state index in [0.717, 1.165) is 7.11 Å². The van der Waals surface area contributed by atoms with Crippen molar-refractivity contribution in [2.24, 2.45) is 17.8 Å². The molecule has 0 aromatic rings. The summed E-state index contributed by atoms with van der Waals surface area (Å²) in [6.07, 6.45) is -0.127. The fourth-order valence-corrected chi connectivity index (χ4v) is 2.53. The minimum absolute atomic E-state index is 0.00266. The van der Waals surface area contributed by atoms with E-state index in [1.54, 1.807) is 13.8 Å². The Morgan fingerprint density at radius 3 is 2.50 bits per heavy atom. The standard InChI is InChI=1S/C10H14F2O2.CH4O/c1-5-3-7-6(2)14-9(13)8(7)4-10(5,11)12;1-2/h5-8H,3-4H2,1-2H3;2H,1H3. The van der Waals surface area contributed by atoms with Gasteiger partial charge in [-0.1, -0.05) is 6.92 Å². The third-order valence-electron chi connectivity index (χ3n) is 3.56. The summed E-state index contributed by atoms with van der Waals surface area (Å²) in [5.74, 6) is -4.35. The molecule has 1 saturated carbocycles. The summed E-state index contributed by atoms with van der Waals surface area (Å²) in [5.41, 5.74) is 0. The van der Waals surface area contributed by atoms with Gasteiger partial charge in [0.1, 0.15) is 6.10 Å². The van der Waals surface area contributed by atoms with Crippen LogP contribution in [0.4, 0.5) is 8.78 Å². The van der Waals surface area contributed by atoms with Crippen molar-refractivity contribution in [2.45, 2.75) is 38.7 Å². The fraction of sp³-hybridized carbons (Fsp3) is 0.909. The minimum Gasteiger partial charge on any atom is -0.462 e. The summed E-state index contributed by atoms with van der Waals surface area (Å²) in [5, 5.41) is 7.00. The zero-order valence-electron chi connectivity index (χ0n) is 9.74. The highest BCUT2D eigenvalue weighted by Gasteiger charge is 2.54. The second kappa shape index (κ2) is 4.65. The van der Waals surface area contributed by atoms with Crippen LogP contribution >= 0.6 is 0 Å². The molecule has 0 amide bonds. The molecule has 0 spiro atoms. The number of rotatable bonds is 0. The maximum absolute atomic E-state index is 13.3. The van der Waals surface area contributed by atoms with Gasteiger partial charge < -0.3 is 9.84 Å². The first kappa shape index (κ1) is 13.4. The van der Waals surface area contributed by atoms with Gasteiger partial charge in [0.25, 0.3) is 5.92 Å². The molecule has 3 nitrogen and oxygen atoms in total. The Balaban J connectivity index is 0.000000606. The predicted octanol–water partition coefficient (Wildman–Crippen LogP) is 1.84. The van der Waals surface area contributed by atoms with Crippen molar-refractivity contribution in [1.82, 2.24) is 0 Å². The summed E-state index contributed by atoms with van der Waals surface area (Å²) in [6.45, 7) is 3.34. The van der Waals surface area contributed by atoms with E-state index >= 15 is 0 Å². The summed E-state index contributed by atoms with van der Waals surface area (Å²) in [6, 6.07) is 0. The van der Waals surface area contributed by atoms with Crippen molar-refractivity contribution in [2.75, 3.05) is 7.11 Å². The number of hydrogen-bond donors (Lipinski definition) is 1. The molecule has 0 radical (unpaired) electrons. The lowest BCUT2D eigenvalue weighted by Crippen LogP contribution is -2.40. The molecule has 4 atom stereocenters. The molecule has 1 aliphatic carbocycles. The van der Waals surface area contributed by atoms with E-state index in [9.17, 15) is 13.6 Å². The van der Waals surface area contributed by atoms with E-state index < -0.39 is 23.7 Å². The Hall–Kier alpha value is -0.710. The summed E-state index contributed by atoms with van der Waals surface area (Å²) in [4.78, 5) is 11.3. The molecule has 0 bridgehead atoms. The van der Waals surface area contributed by atoms with Crippen LogP contribution < -0.4 is 0 Å². The highest BCUT2D eigenvalue weighted by molar-refractivity contribution is 5.75. The lowest BCUT2D eigenvalue weighted by atomic mass is 9.72. The van der Waals surface area contributed by atoms with Crippen LogP contribution in [0, 0.1) is 17.8 Å². The largest absolute Gasteiger partial charge is 0.462 e. The van der Waals surface area contributed by atoms with Gasteiger partial charge in [0.2, 0.25) is 0 Å². The van der Waals surface area contributed by atoms with E-state index in [1.165, 1.54) is 0 Å². The van der Waals surface area contributed by atoms with Crippen molar-refractivity contribution < 1.29 is 23.4 Å². The maximum atomic E-state index is 13.3. The average Bonchev–Trinajstić information content (AvgIpc) is 2.47. The van der Waals surface area contributed by atoms with Crippen LogP contribution in [0.2, 0.25) is 0 Å². The Labute approximate surface area is 93.8 Å². The number of fused-ring (bicyclic) bond motifs is 1. The van der Waals surface area contributed by atoms with E-state index in [0.29, 0.717) is 6.42 Å².